The molecule has 0 aliphatic rings. The van der Waals surface area contributed by atoms with Crippen LogP contribution in [0.2, 0.25) is 0 Å². The van der Waals surface area contributed by atoms with E-state index in [9.17, 15) is 14.7 Å². The molecule has 0 aliphatic carbocycles. The van der Waals surface area contributed by atoms with Crippen LogP contribution in [0, 0.1) is 0 Å². The van der Waals surface area contributed by atoms with Crippen LogP contribution in [0.1, 0.15) is 194 Å². The molecule has 45 heavy (non-hydrogen) atoms. The molecule has 0 bridgehead atoms. The minimum Gasteiger partial charge on any atom is -0.550 e. The van der Waals surface area contributed by atoms with Gasteiger partial charge in [-0.25, -0.2) is 0 Å². The normalized spacial score (nSPS) is 12.0. The largest absolute Gasteiger partial charge is 0.550 e. The van der Waals surface area contributed by atoms with Gasteiger partial charge in [-0.3, -0.25) is 4.79 Å². The zero-order valence-corrected chi connectivity index (χ0v) is 29.6. The fourth-order valence-corrected chi connectivity index (χ4v) is 4.99. The molecule has 0 aromatic rings. The van der Waals surface area contributed by atoms with E-state index in [2.05, 4.69) is 38.2 Å². The van der Waals surface area contributed by atoms with Crippen LogP contribution in [0.15, 0.2) is 24.3 Å². The van der Waals surface area contributed by atoms with Gasteiger partial charge in [0.25, 0.3) is 0 Å². The number of carboxylic acid groups (broad SMARTS) is 1. The molecular weight excluding hydrogens is 564 g/mol. The molecule has 0 rings (SSSR count). The Morgan fingerprint density at radius 1 is 0.556 bits per heavy atom. The number of unbranched alkanes of at least 4 members (excludes halogenated alkanes) is 22. The summed E-state index contributed by atoms with van der Waals surface area (Å²) in [6, 6.07) is 0. The van der Waals surface area contributed by atoms with E-state index < -0.39 is 12.1 Å². The van der Waals surface area contributed by atoms with Crippen molar-refractivity contribution in [2.45, 2.75) is 200 Å². The highest BCUT2D eigenvalue weighted by Gasteiger charge is 2.07. The van der Waals surface area contributed by atoms with Gasteiger partial charge in [-0.2, -0.15) is 0 Å². The molecular formula is C39H73O6-. The molecule has 0 aromatic carbocycles. The summed E-state index contributed by atoms with van der Waals surface area (Å²) in [4.78, 5) is 21.6. The third kappa shape index (κ3) is 44.5. The molecule has 1 unspecified atom stereocenters. The highest BCUT2D eigenvalue weighted by atomic mass is 16.5. The standard InChI is InChI=1S/C21H40O4.C18H34O2/c1-2-3-4-5-6-7-8-9-10-11-12-13-14-15-16-17-21(24)25-19-20(23)18-22;1-2-3-4-5-6-7-8-9-10-11-12-13-14-15-16-17-18(19)20/h9-10,20,22-23H,2-8,11-19H2,1H3;9-10H,2-8,11-17H2,1H3,(H,19,20)/p-1. The maximum atomic E-state index is 11.4. The van der Waals surface area contributed by atoms with Crippen molar-refractivity contribution >= 4 is 11.9 Å². The van der Waals surface area contributed by atoms with E-state index in [-0.39, 0.29) is 25.6 Å². The number of carboxylic acids is 1. The van der Waals surface area contributed by atoms with Gasteiger partial charge in [0, 0.05) is 12.4 Å². The first-order valence-corrected chi connectivity index (χ1v) is 18.9. The van der Waals surface area contributed by atoms with E-state index in [4.69, 9.17) is 14.9 Å². The smallest absolute Gasteiger partial charge is 0.305 e. The number of hydrogen-bond acceptors (Lipinski definition) is 6. The quantitative estimate of drug-likeness (QED) is 0.0421. The maximum Gasteiger partial charge on any atom is 0.305 e. The van der Waals surface area contributed by atoms with Crippen LogP contribution in [0.25, 0.3) is 0 Å². The Balaban J connectivity index is 0. The van der Waals surface area contributed by atoms with Gasteiger partial charge in [-0.05, 0) is 70.6 Å². The fourth-order valence-electron chi connectivity index (χ4n) is 4.99. The molecule has 1 atom stereocenters. The van der Waals surface area contributed by atoms with Crippen molar-refractivity contribution in [3.8, 4) is 0 Å². The van der Waals surface area contributed by atoms with Crippen molar-refractivity contribution in [1.82, 2.24) is 0 Å². The lowest BCUT2D eigenvalue weighted by atomic mass is 10.1. The summed E-state index contributed by atoms with van der Waals surface area (Å²) in [7, 11) is 0. The van der Waals surface area contributed by atoms with Crippen molar-refractivity contribution in [2.24, 2.45) is 0 Å². The maximum absolute atomic E-state index is 11.4. The second-order valence-corrected chi connectivity index (χ2v) is 12.6. The zero-order valence-electron chi connectivity index (χ0n) is 29.6. The Bertz CT molecular complexity index is 660. The number of esters is 1. The lowest BCUT2D eigenvalue weighted by Crippen LogP contribution is -2.21. The Hall–Kier alpha value is -1.66. The minimum absolute atomic E-state index is 0.111. The molecule has 2 N–H and O–H groups in total. The number of aliphatic carboxylic acids is 1. The molecule has 0 saturated carbocycles. The number of aliphatic hydroxyl groups is 2. The number of carbonyl (C=O) groups is 2. The van der Waals surface area contributed by atoms with Crippen LogP contribution in [-0.4, -0.2) is 41.5 Å². The fraction of sp³-hybridized carbons (Fsp3) is 0.846. The Morgan fingerprint density at radius 3 is 1.24 bits per heavy atom. The average Bonchev–Trinajstić information content (AvgIpc) is 3.03. The number of carbonyl (C=O) groups excluding carboxylic acids is 2. The van der Waals surface area contributed by atoms with Crippen LogP contribution in [0.3, 0.4) is 0 Å². The van der Waals surface area contributed by atoms with Crippen molar-refractivity contribution in [2.75, 3.05) is 13.2 Å². The number of aliphatic hydroxyl groups excluding tert-OH is 2. The average molecular weight is 638 g/mol. The highest BCUT2D eigenvalue weighted by Crippen LogP contribution is 2.11. The van der Waals surface area contributed by atoms with Crippen LogP contribution in [-0.2, 0) is 14.3 Å². The zero-order chi connectivity index (χ0) is 33.5. The molecule has 0 radical (unpaired) electrons. The Morgan fingerprint density at radius 2 is 0.889 bits per heavy atom. The summed E-state index contributed by atoms with van der Waals surface area (Å²) in [6.07, 6.45) is 41.0. The molecule has 0 fully saturated rings. The van der Waals surface area contributed by atoms with E-state index in [0.717, 1.165) is 44.9 Å². The topological polar surface area (TPSA) is 107 Å². The predicted octanol–water partition coefficient (Wildman–Crippen LogP) is 9.69. The molecule has 0 aliphatic heterocycles. The van der Waals surface area contributed by atoms with Crippen molar-refractivity contribution < 1.29 is 29.6 Å². The molecule has 0 aromatic heterocycles. The molecule has 6 heteroatoms. The molecule has 0 saturated heterocycles. The monoisotopic (exact) mass is 638 g/mol. The van der Waals surface area contributed by atoms with E-state index in [0.29, 0.717) is 6.42 Å². The molecule has 0 amide bonds. The van der Waals surface area contributed by atoms with Gasteiger partial charge in [-0.15, -0.1) is 0 Å². The Labute approximate surface area is 278 Å². The van der Waals surface area contributed by atoms with Gasteiger partial charge in [0.1, 0.15) is 12.7 Å². The number of allylic oxidation sites excluding steroid dienone is 4. The van der Waals surface area contributed by atoms with Crippen molar-refractivity contribution in [3.63, 3.8) is 0 Å². The SMILES string of the molecule is CCCCCCCCC=CCCCCCCCC(=O)OCC(O)CO.CCCCCCCCC=CCCCCCCCC(=O)[O-]. The summed E-state index contributed by atoms with van der Waals surface area (Å²) in [6.45, 7) is 4.02. The second kappa shape index (κ2) is 40.4. The van der Waals surface area contributed by atoms with E-state index in [1.165, 1.54) is 122 Å². The molecule has 266 valence electrons. The van der Waals surface area contributed by atoms with E-state index in [1.54, 1.807) is 0 Å². The van der Waals surface area contributed by atoms with Crippen molar-refractivity contribution in [1.29, 1.82) is 0 Å². The van der Waals surface area contributed by atoms with Crippen molar-refractivity contribution in [3.05, 3.63) is 24.3 Å². The van der Waals surface area contributed by atoms with Crippen LogP contribution in [0.4, 0.5) is 0 Å². The van der Waals surface area contributed by atoms with E-state index in [1.807, 2.05) is 0 Å². The van der Waals surface area contributed by atoms with Gasteiger partial charge in [-0.1, -0.05) is 141 Å². The summed E-state index contributed by atoms with van der Waals surface area (Å²) < 4.78 is 4.86. The van der Waals surface area contributed by atoms with Gasteiger partial charge in [0.15, 0.2) is 0 Å². The summed E-state index contributed by atoms with van der Waals surface area (Å²) in [5.41, 5.74) is 0. The molecule has 0 spiro atoms. The highest BCUT2D eigenvalue weighted by molar-refractivity contribution is 5.69. The lowest BCUT2D eigenvalue weighted by Gasteiger charge is -2.08. The van der Waals surface area contributed by atoms with Gasteiger partial charge in [0.05, 0.1) is 6.61 Å². The summed E-state index contributed by atoms with van der Waals surface area (Å²) >= 11 is 0. The minimum atomic E-state index is -0.960. The molecule has 6 nitrogen and oxygen atoms in total. The third-order valence-electron chi connectivity index (χ3n) is 7.93. The van der Waals surface area contributed by atoms with Gasteiger partial charge >= 0.3 is 5.97 Å². The first-order chi connectivity index (χ1) is 22.0. The van der Waals surface area contributed by atoms with Gasteiger partial charge in [0.2, 0.25) is 0 Å². The molecule has 0 heterocycles. The number of ether oxygens (including phenoxy) is 1. The summed E-state index contributed by atoms with van der Waals surface area (Å²) in [5, 5.41) is 27.9. The number of rotatable bonds is 33. The lowest BCUT2D eigenvalue weighted by molar-refractivity contribution is -0.305. The van der Waals surface area contributed by atoms with Gasteiger partial charge < -0.3 is 24.9 Å². The van der Waals surface area contributed by atoms with E-state index >= 15 is 0 Å². The second-order valence-electron chi connectivity index (χ2n) is 12.6. The summed E-state index contributed by atoms with van der Waals surface area (Å²) in [5.74, 6) is -1.20. The first-order valence-electron chi connectivity index (χ1n) is 18.9. The van der Waals surface area contributed by atoms with Crippen LogP contribution in [0.5, 0.6) is 0 Å². The first kappa shape index (κ1) is 45.5. The predicted molar refractivity (Wildman–Crippen MR) is 188 cm³/mol. The number of hydrogen-bond donors (Lipinski definition) is 2. The Kier molecular flexibility index (Phi) is 40.8. The third-order valence-corrected chi connectivity index (χ3v) is 7.93. The van der Waals surface area contributed by atoms with Crippen LogP contribution < -0.4 is 5.11 Å². The van der Waals surface area contributed by atoms with Crippen LogP contribution >= 0.6 is 0 Å².